The highest BCUT2D eigenvalue weighted by Gasteiger charge is 2.54. The largest absolute Gasteiger partial charge is 0.359 e. The van der Waals surface area contributed by atoms with E-state index < -0.39 is 21.7 Å². The van der Waals surface area contributed by atoms with E-state index in [1.807, 2.05) is 43.3 Å². The lowest BCUT2D eigenvalue weighted by Crippen LogP contribution is -2.63. The number of sulfonamides is 1. The van der Waals surface area contributed by atoms with Crippen molar-refractivity contribution in [2.75, 3.05) is 20.1 Å². The van der Waals surface area contributed by atoms with Crippen molar-refractivity contribution in [2.45, 2.75) is 36.4 Å². The van der Waals surface area contributed by atoms with Gasteiger partial charge in [-0.15, -0.1) is 0 Å². The van der Waals surface area contributed by atoms with E-state index in [1.54, 1.807) is 19.2 Å². The molecular formula is C21H24N2O4S. The molecule has 6 nitrogen and oxygen atoms in total. The molecule has 2 aromatic rings. The predicted octanol–water partition coefficient (Wildman–Crippen LogP) is 2.33. The van der Waals surface area contributed by atoms with Crippen molar-refractivity contribution in [3.63, 3.8) is 0 Å². The van der Waals surface area contributed by atoms with Gasteiger partial charge in [-0.1, -0.05) is 42.0 Å². The zero-order valence-electron chi connectivity index (χ0n) is 16.0. The third-order valence-corrected chi connectivity index (χ3v) is 7.41. The predicted molar refractivity (Wildman–Crippen MR) is 106 cm³/mol. The number of amides is 1. The monoisotopic (exact) mass is 400 g/mol. The fraction of sp³-hybridized carbons (Fsp3) is 0.381. The lowest BCUT2D eigenvalue weighted by atomic mass is 9.93. The molecule has 1 unspecified atom stereocenters. The Hall–Kier alpha value is -2.22. The smallest absolute Gasteiger partial charge is 0.248 e. The SMILES string of the molecule is CNC(=O)C1CCC2(CN(S(=O)(=O)c3ccc(-c4ccc(C)cc4)cc3)C2)O1. The highest BCUT2D eigenvalue weighted by molar-refractivity contribution is 7.89. The van der Waals surface area contributed by atoms with Gasteiger partial charge in [-0.25, -0.2) is 8.42 Å². The number of hydrogen-bond donors (Lipinski definition) is 1. The second-order valence-corrected chi connectivity index (χ2v) is 9.54. The van der Waals surface area contributed by atoms with Gasteiger partial charge in [-0.3, -0.25) is 4.79 Å². The van der Waals surface area contributed by atoms with Gasteiger partial charge in [0, 0.05) is 20.1 Å². The van der Waals surface area contributed by atoms with Gasteiger partial charge < -0.3 is 10.1 Å². The summed E-state index contributed by atoms with van der Waals surface area (Å²) in [5, 5.41) is 2.59. The van der Waals surface area contributed by atoms with E-state index in [0.717, 1.165) is 11.1 Å². The Labute approximate surface area is 165 Å². The number of likely N-dealkylation sites (N-methyl/N-ethyl adjacent to an activating group) is 1. The van der Waals surface area contributed by atoms with Gasteiger partial charge in [0.2, 0.25) is 15.9 Å². The Morgan fingerprint density at radius 1 is 1.07 bits per heavy atom. The quantitative estimate of drug-likeness (QED) is 0.855. The van der Waals surface area contributed by atoms with Gasteiger partial charge in [-0.2, -0.15) is 4.31 Å². The maximum absolute atomic E-state index is 12.9. The Kier molecular flexibility index (Phi) is 4.77. The molecule has 1 atom stereocenters. The number of nitrogens with one attached hydrogen (secondary N) is 1. The lowest BCUT2D eigenvalue weighted by molar-refractivity contribution is -0.146. The average Bonchev–Trinajstić information content (AvgIpc) is 3.13. The lowest BCUT2D eigenvalue weighted by Gasteiger charge is -2.46. The van der Waals surface area contributed by atoms with E-state index >= 15 is 0 Å². The van der Waals surface area contributed by atoms with Crippen LogP contribution in [0.2, 0.25) is 0 Å². The van der Waals surface area contributed by atoms with Crippen LogP contribution in [0.25, 0.3) is 11.1 Å². The van der Waals surface area contributed by atoms with Crippen molar-refractivity contribution in [2.24, 2.45) is 0 Å². The second-order valence-electron chi connectivity index (χ2n) is 7.61. The summed E-state index contributed by atoms with van der Waals surface area (Å²) in [6.07, 6.45) is 0.839. The zero-order chi connectivity index (χ0) is 19.9. The molecule has 7 heteroatoms. The molecule has 2 saturated heterocycles. The Balaban J connectivity index is 1.45. The maximum atomic E-state index is 12.9. The van der Waals surface area contributed by atoms with Crippen molar-refractivity contribution in [1.29, 1.82) is 0 Å². The molecule has 4 rings (SSSR count). The molecule has 2 aromatic carbocycles. The number of nitrogens with zero attached hydrogens (tertiary/aromatic N) is 1. The summed E-state index contributed by atoms with van der Waals surface area (Å²) in [5.74, 6) is -0.148. The summed E-state index contributed by atoms with van der Waals surface area (Å²) in [4.78, 5) is 12.0. The molecule has 28 heavy (non-hydrogen) atoms. The van der Waals surface area contributed by atoms with Crippen LogP contribution in [0.5, 0.6) is 0 Å². The van der Waals surface area contributed by atoms with Crippen LogP contribution < -0.4 is 5.32 Å². The number of rotatable bonds is 4. The number of hydrogen-bond acceptors (Lipinski definition) is 4. The molecule has 1 spiro atoms. The molecule has 2 heterocycles. The summed E-state index contributed by atoms with van der Waals surface area (Å²) in [7, 11) is -1.98. The van der Waals surface area contributed by atoms with Crippen molar-refractivity contribution >= 4 is 15.9 Å². The number of aryl methyl sites for hydroxylation is 1. The summed E-state index contributed by atoms with van der Waals surface area (Å²) >= 11 is 0. The molecule has 148 valence electrons. The number of benzene rings is 2. The van der Waals surface area contributed by atoms with E-state index in [1.165, 1.54) is 9.87 Å². The topological polar surface area (TPSA) is 75.7 Å². The van der Waals surface area contributed by atoms with Crippen molar-refractivity contribution in [1.82, 2.24) is 9.62 Å². The minimum Gasteiger partial charge on any atom is -0.359 e. The van der Waals surface area contributed by atoms with Gasteiger partial charge in [0.05, 0.1) is 10.5 Å². The number of carbonyl (C=O) groups is 1. The van der Waals surface area contributed by atoms with Crippen LogP contribution in [0.3, 0.4) is 0 Å². The summed E-state index contributed by atoms with van der Waals surface area (Å²) in [5.41, 5.74) is 2.69. The molecule has 0 aliphatic carbocycles. The molecule has 0 saturated carbocycles. The third-order valence-electron chi connectivity index (χ3n) is 5.60. The van der Waals surface area contributed by atoms with Gasteiger partial charge in [0.15, 0.2) is 0 Å². The van der Waals surface area contributed by atoms with E-state index in [0.29, 0.717) is 25.9 Å². The van der Waals surface area contributed by atoms with E-state index in [2.05, 4.69) is 5.32 Å². The van der Waals surface area contributed by atoms with Crippen LogP contribution in [0.4, 0.5) is 0 Å². The van der Waals surface area contributed by atoms with Crippen molar-refractivity contribution in [3.8, 4) is 11.1 Å². The fourth-order valence-corrected chi connectivity index (χ4v) is 5.46. The highest BCUT2D eigenvalue weighted by Crippen LogP contribution is 2.40. The van der Waals surface area contributed by atoms with E-state index in [9.17, 15) is 13.2 Å². The van der Waals surface area contributed by atoms with Crippen molar-refractivity contribution < 1.29 is 17.9 Å². The molecule has 0 bridgehead atoms. The second kappa shape index (κ2) is 6.99. The Morgan fingerprint density at radius 3 is 2.21 bits per heavy atom. The fourth-order valence-electron chi connectivity index (χ4n) is 3.87. The number of ether oxygens (including phenoxy) is 1. The summed E-state index contributed by atoms with van der Waals surface area (Å²) < 4.78 is 33.1. The number of carbonyl (C=O) groups excluding carboxylic acids is 1. The normalized spacial score (nSPS) is 21.4. The molecule has 2 fully saturated rings. The summed E-state index contributed by atoms with van der Waals surface area (Å²) in [6, 6.07) is 15.1. The first kappa shape index (κ1) is 19.1. The van der Waals surface area contributed by atoms with E-state index in [4.69, 9.17) is 4.74 Å². The van der Waals surface area contributed by atoms with E-state index in [-0.39, 0.29) is 10.8 Å². The van der Waals surface area contributed by atoms with Crippen LogP contribution in [-0.4, -0.2) is 50.5 Å². The van der Waals surface area contributed by atoms with Gasteiger partial charge in [-0.05, 0) is 43.0 Å². The van der Waals surface area contributed by atoms with Crippen LogP contribution in [0.1, 0.15) is 18.4 Å². The standard InChI is InChI=1S/C21H24N2O4S/c1-15-3-5-16(6-4-15)17-7-9-18(10-8-17)28(25,26)23-13-21(14-23)12-11-19(27-21)20(24)22-2/h3-10,19H,11-14H2,1-2H3,(H,22,24). The first-order chi connectivity index (χ1) is 13.3. The van der Waals surface area contributed by atoms with Gasteiger partial charge >= 0.3 is 0 Å². The zero-order valence-corrected chi connectivity index (χ0v) is 16.8. The van der Waals surface area contributed by atoms with Crippen LogP contribution in [0.15, 0.2) is 53.4 Å². The first-order valence-electron chi connectivity index (χ1n) is 9.40. The minimum absolute atomic E-state index is 0.148. The average molecular weight is 401 g/mol. The van der Waals surface area contributed by atoms with Crippen molar-refractivity contribution in [3.05, 3.63) is 54.1 Å². The minimum atomic E-state index is -3.56. The maximum Gasteiger partial charge on any atom is 0.248 e. The highest BCUT2D eigenvalue weighted by atomic mass is 32.2. The third kappa shape index (κ3) is 3.34. The van der Waals surface area contributed by atoms with Gasteiger partial charge in [0.1, 0.15) is 6.10 Å². The Bertz CT molecular complexity index is 978. The van der Waals surface area contributed by atoms with Crippen LogP contribution in [-0.2, 0) is 19.6 Å². The molecule has 0 radical (unpaired) electrons. The Morgan fingerprint density at radius 2 is 1.64 bits per heavy atom. The first-order valence-corrected chi connectivity index (χ1v) is 10.8. The molecule has 1 N–H and O–H groups in total. The summed E-state index contributed by atoms with van der Waals surface area (Å²) in [6.45, 7) is 2.62. The van der Waals surface area contributed by atoms with Crippen LogP contribution in [0, 0.1) is 6.92 Å². The molecule has 2 aliphatic rings. The molecule has 1 amide bonds. The van der Waals surface area contributed by atoms with Gasteiger partial charge in [0.25, 0.3) is 0 Å². The molecule has 2 aliphatic heterocycles. The molecule has 0 aromatic heterocycles. The van der Waals surface area contributed by atoms with Crippen LogP contribution >= 0.6 is 0 Å². The molecular weight excluding hydrogens is 376 g/mol.